The zero-order valence-electron chi connectivity index (χ0n) is 9.03. The number of nitrogens with zero attached hydrogens (tertiary/aromatic N) is 2. The zero-order valence-corrected chi connectivity index (χ0v) is 10.5. The molecule has 1 heterocycles. The van der Waals surface area contributed by atoms with Crippen molar-refractivity contribution in [1.29, 1.82) is 0 Å². The van der Waals surface area contributed by atoms with E-state index in [-0.39, 0.29) is 0 Å². The molecule has 1 aliphatic rings. The Morgan fingerprint density at radius 1 is 1.00 bits per heavy atom. The van der Waals surface area contributed by atoms with Crippen LogP contribution in [0.2, 0.25) is 10.3 Å². The highest BCUT2D eigenvalue weighted by Gasteiger charge is 2.26. The van der Waals surface area contributed by atoms with E-state index in [1.54, 1.807) is 6.07 Å². The van der Waals surface area contributed by atoms with Crippen molar-refractivity contribution in [3.8, 4) is 11.4 Å². The van der Waals surface area contributed by atoms with Crippen molar-refractivity contribution in [2.24, 2.45) is 0 Å². The van der Waals surface area contributed by atoms with Gasteiger partial charge in [0.2, 0.25) is 0 Å². The van der Waals surface area contributed by atoms with Crippen molar-refractivity contribution >= 4 is 23.2 Å². The quantitative estimate of drug-likeness (QED) is 0.755. The van der Waals surface area contributed by atoms with Crippen molar-refractivity contribution < 1.29 is 0 Å². The van der Waals surface area contributed by atoms with Gasteiger partial charge in [-0.3, -0.25) is 0 Å². The molecular weight excluding hydrogens is 255 g/mol. The average Bonchev–Trinajstić information content (AvgIpc) is 3.11. The summed E-state index contributed by atoms with van der Waals surface area (Å²) in [5.41, 5.74) is 2.34. The van der Waals surface area contributed by atoms with Gasteiger partial charge in [-0.15, -0.1) is 0 Å². The number of hydrogen-bond donors (Lipinski definition) is 0. The highest BCUT2D eigenvalue weighted by molar-refractivity contribution is 6.33. The lowest BCUT2D eigenvalue weighted by molar-refractivity contribution is 1.10. The van der Waals surface area contributed by atoms with E-state index in [4.69, 9.17) is 23.2 Å². The second kappa shape index (κ2) is 4.28. The molecule has 0 amide bonds. The van der Waals surface area contributed by atoms with Gasteiger partial charge in [-0.05, 0) is 24.3 Å². The fourth-order valence-electron chi connectivity index (χ4n) is 1.96. The lowest BCUT2D eigenvalue weighted by atomic mass is 10.0. The summed E-state index contributed by atoms with van der Waals surface area (Å²) in [5.74, 6) is 1.26. The first-order valence-electron chi connectivity index (χ1n) is 5.53. The fourth-order valence-corrected chi connectivity index (χ4v) is 2.38. The molecule has 2 aromatic rings. The summed E-state index contributed by atoms with van der Waals surface area (Å²) in [6, 6.07) is 9.73. The van der Waals surface area contributed by atoms with Crippen LogP contribution in [0.3, 0.4) is 0 Å². The maximum absolute atomic E-state index is 5.91. The van der Waals surface area contributed by atoms with Crippen LogP contribution >= 0.6 is 23.2 Å². The molecule has 1 aromatic heterocycles. The molecule has 0 unspecified atom stereocenters. The summed E-state index contributed by atoms with van der Waals surface area (Å²) in [6.45, 7) is 0. The molecule has 4 heteroatoms. The normalized spacial score (nSPS) is 14.9. The Morgan fingerprint density at radius 2 is 1.65 bits per heavy atom. The predicted octanol–water partition coefficient (Wildman–Crippen LogP) is 4.33. The number of hydrogen-bond acceptors (Lipinski definition) is 2. The Balaban J connectivity index is 2.14. The summed E-state index contributed by atoms with van der Waals surface area (Å²) in [7, 11) is 0. The van der Waals surface area contributed by atoms with E-state index in [0.29, 0.717) is 22.0 Å². The first-order chi connectivity index (χ1) is 8.24. The van der Waals surface area contributed by atoms with Crippen molar-refractivity contribution in [1.82, 2.24) is 9.97 Å². The molecule has 0 atom stereocenters. The third kappa shape index (κ3) is 2.28. The first kappa shape index (κ1) is 11.0. The van der Waals surface area contributed by atoms with Gasteiger partial charge in [-0.2, -0.15) is 0 Å². The largest absolute Gasteiger partial charge is 0.216 e. The zero-order chi connectivity index (χ0) is 11.8. The molecule has 2 nitrogen and oxygen atoms in total. The summed E-state index contributed by atoms with van der Waals surface area (Å²) >= 11 is 11.8. The molecule has 1 saturated carbocycles. The van der Waals surface area contributed by atoms with E-state index in [2.05, 4.69) is 16.0 Å². The Hall–Kier alpha value is -1.12. The third-order valence-corrected chi connectivity index (χ3v) is 3.27. The van der Waals surface area contributed by atoms with Gasteiger partial charge in [0.1, 0.15) is 10.3 Å². The minimum absolute atomic E-state index is 0.380. The van der Waals surface area contributed by atoms with Crippen molar-refractivity contribution in [2.45, 2.75) is 18.8 Å². The van der Waals surface area contributed by atoms with E-state index in [1.807, 2.05) is 18.2 Å². The van der Waals surface area contributed by atoms with E-state index >= 15 is 0 Å². The Labute approximate surface area is 110 Å². The van der Waals surface area contributed by atoms with E-state index < -0.39 is 0 Å². The summed E-state index contributed by atoms with van der Waals surface area (Å²) < 4.78 is 0. The number of halogens is 2. The van der Waals surface area contributed by atoms with Crippen molar-refractivity contribution in [3.05, 3.63) is 46.2 Å². The molecule has 1 aliphatic carbocycles. The Kier molecular flexibility index (Phi) is 2.77. The maximum Gasteiger partial charge on any atom is 0.162 e. The lowest BCUT2D eigenvalue weighted by Gasteiger charge is -2.07. The van der Waals surface area contributed by atoms with Crippen LogP contribution in [0.5, 0.6) is 0 Å². The molecular formula is C13H10Cl2N2. The van der Waals surface area contributed by atoms with Crippen molar-refractivity contribution in [2.75, 3.05) is 0 Å². The molecule has 86 valence electrons. The second-order valence-corrected chi connectivity index (χ2v) is 4.97. The molecule has 3 rings (SSSR count). The molecule has 1 fully saturated rings. The molecule has 17 heavy (non-hydrogen) atoms. The van der Waals surface area contributed by atoms with Crippen LogP contribution in [0, 0.1) is 0 Å². The van der Waals surface area contributed by atoms with Crippen LogP contribution in [0.15, 0.2) is 30.3 Å². The van der Waals surface area contributed by atoms with E-state index in [0.717, 1.165) is 5.56 Å². The number of rotatable bonds is 2. The molecule has 0 aliphatic heterocycles. The smallest absolute Gasteiger partial charge is 0.162 e. The SMILES string of the molecule is Clc1cc(Cl)nc(-c2ccccc2C2CC2)n1. The molecule has 1 aromatic carbocycles. The standard InChI is InChI=1S/C13H10Cl2N2/c14-11-7-12(15)17-13(16-11)10-4-2-1-3-9(10)8-5-6-8/h1-4,7-8H,5-6H2. The van der Waals surface area contributed by atoms with Gasteiger partial charge in [-0.25, -0.2) is 9.97 Å². The fraction of sp³-hybridized carbons (Fsp3) is 0.231. The minimum Gasteiger partial charge on any atom is -0.216 e. The van der Waals surface area contributed by atoms with E-state index in [1.165, 1.54) is 18.4 Å². The third-order valence-electron chi connectivity index (χ3n) is 2.88. The van der Waals surface area contributed by atoms with Gasteiger partial charge < -0.3 is 0 Å². The number of aromatic nitrogens is 2. The molecule has 0 radical (unpaired) electrons. The van der Waals surface area contributed by atoms with Gasteiger partial charge >= 0.3 is 0 Å². The predicted molar refractivity (Wildman–Crippen MR) is 69.5 cm³/mol. The Morgan fingerprint density at radius 3 is 2.29 bits per heavy atom. The highest BCUT2D eigenvalue weighted by Crippen LogP contribution is 2.43. The monoisotopic (exact) mass is 264 g/mol. The summed E-state index contributed by atoms with van der Waals surface area (Å²) in [5, 5.41) is 0.760. The molecule has 0 saturated heterocycles. The van der Waals surface area contributed by atoms with Crippen LogP contribution in [-0.4, -0.2) is 9.97 Å². The van der Waals surface area contributed by atoms with Gasteiger partial charge in [0.05, 0.1) is 0 Å². The molecule has 0 spiro atoms. The minimum atomic E-state index is 0.380. The van der Waals surface area contributed by atoms with Gasteiger partial charge in [0.15, 0.2) is 5.82 Å². The second-order valence-electron chi connectivity index (χ2n) is 4.20. The lowest BCUT2D eigenvalue weighted by Crippen LogP contribution is -1.94. The van der Waals surface area contributed by atoms with Gasteiger partial charge in [-0.1, -0.05) is 47.5 Å². The van der Waals surface area contributed by atoms with Gasteiger partial charge in [0, 0.05) is 11.6 Å². The van der Waals surface area contributed by atoms with Crippen LogP contribution in [0.25, 0.3) is 11.4 Å². The summed E-state index contributed by atoms with van der Waals surface area (Å²) in [4.78, 5) is 8.49. The van der Waals surface area contributed by atoms with Gasteiger partial charge in [0.25, 0.3) is 0 Å². The number of benzene rings is 1. The maximum atomic E-state index is 5.91. The highest BCUT2D eigenvalue weighted by atomic mass is 35.5. The first-order valence-corrected chi connectivity index (χ1v) is 6.29. The molecule has 0 bridgehead atoms. The van der Waals surface area contributed by atoms with Crippen molar-refractivity contribution in [3.63, 3.8) is 0 Å². The van der Waals surface area contributed by atoms with Crippen LogP contribution in [-0.2, 0) is 0 Å². The van der Waals surface area contributed by atoms with Crippen LogP contribution < -0.4 is 0 Å². The van der Waals surface area contributed by atoms with Crippen LogP contribution in [0.4, 0.5) is 0 Å². The summed E-state index contributed by atoms with van der Waals surface area (Å²) in [6.07, 6.45) is 2.48. The van der Waals surface area contributed by atoms with E-state index in [9.17, 15) is 0 Å². The van der Waals surface area contributed by atoms with Crippen LogP contribution in [0.1, 0.15) is 24.3 Å². The topological polar surface area (TPSA) is 25.8 Å². The average molecular weight is 265 g/mol. The molecule has 0 N–H and O–H groups in total. The Bertz CT molecular complexity index is 545.